The van der Waals surface area contributed by atoms with E-state index in [2.05, 4.69) is 4.85 Å². The zero-order valence-electron chi connectivity index (χ0n) is 18.6. The Morgan fingerprint density at radius 1 is 1.09 bits per heavy atom. The number of hydrogen-bond donors (Lipinski definition) is 0. The number of aromatic nitrogens is 1. The van der Waals surface area contributed by atoms with Crippen molar-refractivity contribution >= 4 is 21.4 Å². The fourth-order valence-corrected chi connectivity index (χ4v) is 4.72. The van der Waals surface area contributed by atoms with E-state index >= 15 is 0 Å². The minimum absolute atomic E-state index is 0.0518. The van der Waals surface area contributed by atoms with E-state index in [1.165, 1.54) is 23.5 Å². The van der Waals surface area contributed by atoms with Crippen LogP contribution in [0, 0.1) is 26.2 Å². The molecule has 0 bridgehead atoms. The second-order valence-corrected chi connectivity index (χ2v) is 9.39. The molecule has 6 heteroatoms. The normalized spacial score (nSPS) is 11.5. The number of nitrogens with zero attached hydrogens (tertiary/aromatic N) is 2. The highest BCUT2D eigenvalue weighted by molar-refractivity contribution is 7.17. The van der Waals surface area contributed by atoms with Crippen LogP contribution in [0.4, 0.5) is 4.39 Å². The van der Waals surface area contributed by atoms with Crippen LogP contribution in [0.25, 0.3) is 26.1 Å². The van der Waals surface area contributed by atoms with Gasteiger partial charge in [-0.15, -0.1) is 11.3 Å². The molecule has 4 aromatic rings. The Kier molecular flexibility index (Phi) is 5.39. The van der Waals surface area contributed by atoms with Gasteiger partial charge < -0.3 is 14.1 Å². The van der Waals surface area contributed by atoms with E-state index in [1.54, 1.807) is 17.8 Å². The quantitative estimate of drug-likeness (QED) is 0.317. The lowest BCUT2D eigenvalue weighted by atomic mass is 9.91. The summed E-state index contributed by atoms with van der Waals surface area (Å²) in [7, 11) is 1.73. The van der Waals surface area contributed by atoms with Gasteiger partial charge >= 0.3 is 0 Å². The van der Waals surface area contributed by atoms with E-state index in [-0.39, 0.29) is 11.4 Å². The molecule has 0 amide bonds. The van der Waals surface area contributed by atoms with Gasteiger partial charge in [-0.3, -0.25) is 4.79 Å². The van der Waals surface area contributed by atoms with Crippen molar-refractivity contribution in [3.63, 3.8) is 0 Å². The molecule has 0 unspecified atom stereocenters. The molecule has 0 spiro atoms. The van der Waals surface area contributed by atoms with Crippen LogP contribution in [-0.4, -0.2) is 4.57 Å². The number of rotatable bonds is 4. The molecule has 0 N–H and O–H groups in total. The maximum absolute atomic E-state index is 13.8. The van der Waals surface area contributed by atoms with Crippen molar-refractivity contribution in [1.29, 1.82) is 0 Å². The van der Waals surface area contributed by atoms with Crippen molar-refractivity contribution in [2.45, 2.75) is 33.2 Å². The lowest BCUT2D eigenvalue weighted by molar-refractivity contribution is 0.473. The second kappa shape index (κ2) is 7.92. The van der Waals surface area contributed by atoms with Crippen molar-refractivity contribution in [3.8, 4) is 22.6 Å². The zero-order valence-corrected chi connectivity index (χ0v) is 19.4. The van der Waals surface area contributed by atoms with E-state index in [0.717, 1.165) is 22.1 Å². The lowest BCUT2D eigenvalue weighted by Gasteiger charge is -2.19. The number of pyridine rings is 1. The molecule has 0 fully saturated rings. The van der Waals surface area contributed by atoms with Crippen molar-refractivity contribution in [3.05, 3.63) is 92.3 Å². The van der Waals surface area contributed by atoms with Gasteiger partial charge in [0.2, 0.25) is 0 Å². The predicted molar refractivity (Wildman–Crippen MR) is 128 cm³/mol. The summed E-state index contributed by atoms with van der Waals surface area (Å²) in [5.74, 6) is 0.870. The van der Waals surface area contributed by atoms with E-state index in [1.807, 2.05) is 57.3 Å². The van der Waals surface area contributed by atoms with Crippen LogP contribution in [0.5, 0.6) is 11.5 Å². The van der Waals surface area contributed by atoms with Gasteiger partial charge in [0, 0.05) is 49.2 Å². The molecule has 2 aromatic heterocycles. The van der Waals surface area contributed by atoms with Crippen molar-refractivity contribution in [1.82, 2.24) is 4.57 Å². The summed E-state index contributed by atoms with van der Waals surface area (Å²) < 4.78 is 22.4. The molecule has 0 aliphatic carbocycles. The van der Waals surface area contributed by atoms with Gasteiger partial charge in [0.05, 0.1) is 0 Å². The van der Waals surface area contributed by atoms with Crippen LogP contribution >= 0.6 is 11.3 Å². The molecule has 4 rings (SSSR count). The number of hydrogen-bond acceptors (Lipinski definition) is 3. The molecule has 162 valence electrons. The average Bonchev–Trinajstić information content (AvgIpc) is 3.23. The van der Waals surface area contributed by atoms with Crippen LogP contribution in [0.1, 0.15) is 30.5 Å². The Morgan fingerprint density at radius 3 is 2.44 bits per heavy atom. The fraction of sp³-hybridized carbons (Fsp3) is 0.231. The maximum atomic E-state index is 13.8. The summed E-state index contributed by atoms with van der Waals surface area (Å²) in [5.41, 5.74) is 3.09. The Balaban J connectivity index is 2.00. The smallest absolute Gasteiger partial charge is 0.268 e. The molecule has 0 atom stereocenters. The highest BCUT2D eigenvalue weighted by Crippen LogP contribution is 2.41. The molecule has 0 saturated carbocycles. The van der Waals surface area contributed by atoms with Gasteiger partial charge in [-0.1, -0.05) is 0 Å². The number of halogens is 1. The minimum atomic E-state index is -0.719. The van der Waals surface area contributed by atoms with Gasteiger partial charge in [-0.2, -0.15) is 0 Å². The molecule has 0 radical (unpaired) electrons. The average molecular weight is 447 g/mol. The Bertz CT molecular complexity index is 1430. The molecule has 0 saturated heterocycles. The van der Waals surface area contributed by atoms with Gasteiger partial charge in [0.1, 0.15) is 22.0 Å². The molecular formula is C26H23FN2O2S. The van der Waals surface area contributed by atoms with Crippen LogP contribution in [0.3, 0.4) is 0 Å². The molecule has 0 aliphatic rings. The predicted octanol–water partition coefficient (Wildman–Crippen LogP) is 6.97. The molecule has 0 aliphatic heterocycles. The zero-order chi connectivity index (χ0) is 23.2. The summed E-state index contributed by atoms with van der Waals surface area (Å²) in [6.45, 7) is 15.0. The standard InChI is InChI=1S/C26H23FN2O2S/c1-15-11-18(27)12-16(2)23(15)31-22-8-7-17(26(3,4)28-5)13-20(22)21-14-29(6)25(30)24-19(21)9-10-32-24/h7-14H,1-4,6H3. The highest BCUT2D eigenvalue weighted by atomic mass is 32.1. The number of thiophene rings is 1. The van der Waals surface area contributed by atoms with Gasteiger partial charge in [-0.05, 0) is 66.8 Å². The Labute approximate surface area is 190 Å². The Hall–Kier alpha value is -3.43. The third kappa shape index (κ3) is 3.69. The van der Waals surface area contributed by atoms with Gasteiger partial charge in [-0.25, -0.2) is 11.0 Å². The number of ether oxygens (including phenoxy) is 1. The van der Waals surface area contributed by atoms with Crippen molar-refractivity contribution in [2.75, 3.05) is 0 Å². The summed E-state index contributed by atoms with van der Waals surface area (Å²) in [6, 6.07) is 10.5. The van der Waals surface area contributed by atoms with Crippen molar-refractivity contribution < 1.29 is 9.13 Å². The second-order valence-electron chi connectivity index (χ2n) is 8.47. The largest absolute Gasteiger partial charge is 0.456 e. The van der Waals surface area contributed by atoms with E-state index in [0.29, 0.717) is 27.3 Å². The van der Waals surface area contributed by atoms with Crippen LogP contribution in [-0.2, 0) is 12.6 Å². The Morgan fingerprint density at radius 2 is 1.78 bits per heavy atom. The molecule has 2 aromatic carbocycles. The first-order valence-corrected chi connectivity index (χ1v) is 11.1. The van der Waals surface area contributed by atoms with Crippen LogP contribution in [0.15, 0.2) is 52.8 Å². The number of fused-ring (bicyclic) bond motifs is 1. The first kappa shape index (κ1) is 21.8. The first-order chi connectivity index (χ1) is 15.1. The SMILES string of the molecule is [C-]#[N+]C(C)(C)c1ccc(Oc2c(C)cc(F)cc2C)c(-c2cn(C)c(=O)c3sccc23)c1. The highest BCUT2D eigenvalue weighted by Gasteiger charge is 2.28. The summed E-state index contributed by atoms with van der Waals surface area (Å²) in [4.78, 5) is 16.4. The van der Waals surface area contributed by atoms with Gasteiger partial charge in [0.15, 0.2) is 0 Å². The summed E-state index contributed by atoms with van der Waals surface area (Å²) >= 11 is 1.40. The minimum Gasteiger partial charge on any atom is -0.456 e. The third-order valence-corrected chi connectivity index (χ3v) is 6.59. The number of aryl methyl sites for hydroxylation is 3. The monoisotopic (exact) mass is 446 g/mol. The molecule has 4 nitrogen and oxygen atoms in total. The van der Waals surface area contributed by atoms with E-state index in [9.17, 15) is 9.18 Å². The van der Waals surface area contributed by atoms with E-state index < -0.39 is 5.54 Å². The summed E-state index contributed by atoms with van der Waals surface area (Å²) in [6.07, 6.45) is 1.80. The van der Waals surface area contributed by atoms with Crippen LogP contribution < -0.4 is 10.3 Å². The van der Waals surface area contributed by atoms with Gasteiger partial charge in [0.25, 0.3) is 11.1 Å². The molecular weight excluding hydrogens is 423 g/mol. The lowest BCUT2D eigenvalue weighted by Crippen LogP contribution is -2.15. The first-order valence-electron chi connectivity index (χ1n) is 10.2. The molecule has 2 heterocycles. The topological polar surface area (TPSA) is 35.6 Å². The van der Waals surface area contributed by atoms with Crippen LogP contribution in [0.2, 0.25) is 0 Å². The number of benzene rings is 2. The summed E-state index contributed by atoms with van der Waals surface area (Å²) in [5, 5.41) is 2.74. The van der Waals surface area contributed by atoms with Crippen molar-refractivity contribution in [2.24, 2.45) is 7.05 Å². The maximum Gasteiger partial charge on any atom is 0.268 e. The fourth-order valence-electron chi connectivity index (χ4n) is 3.83. The molecule has 32 heavy (non-hydrogen) atoms. The third-order valence-electron chi connectivity index (χ3n) is 5.69. The van der Waals surface area contributed by atoms with E-state index in [4.69, 9.17) is 11.3 Å².